The average Bonchev–Trinajstić information content (AvgIpc) is 2.36. The molecule has 17 heavy (non-hydrogen) atoms. The Labute approximate surface area is 98.7 Å². The van der Waals surface area contributed by atoms with Crippen molar-refractivity contribution < 1.29 is 9.59 Å². The number of carbonyl (C=O) groups excluding carboxylic acids is 2. The highest BCUT2D eigenvalue weighted by Crippen LogP contribution is 2.26. The van der Waals surface area contributed by atoms with E-state index in [0.717, 1.165) is 0 Å². The lowest BCUT2D eigenvalue weighted by molar-refractivity contribution is 0.0979. The third-order valence-electron chi connectivity index (χ3n) is 2.83. The van der Waals surface area contributed by atoms with Crippen molar-refractivity contribution >= 4 is 11.6 Å². The highest BCUT2D eigenvalue weighted by molar-refractivity contribution is 6.28. The molecule has 0 radical (unpaired) electrons. The van der Waals surface area contributed by atoms with E-state index in [2.05, 4.69) is 0 Å². The molecular weight excluding hydrogens is 214 g/mol. The molecule has 2 aromatic carbocycles. The van der Waals surface area contributed by atoms with Crippen molar-refractivity contribution in [2.75, 3.05) is 0 Å². The van der Waals surface area contributed by atoms with Gasteiger partial charge in [0.15, 0.2) is 11.6 Å². The van der Waals surface area contributed by atoms with E-state index >= 15 is 0 Å². The Morgan fingerprint density at radius 3 is 1.00 bits per heavy atom. The van der Waals surface area contributed by atoms with Crippen LogP contribution in [-0.4, -0.2) is 11.6 Å². The topological polar surface area (TPSA) is 69.1 Å². The van der Waals surface area contributed by atoms with Crippen molar-refractivity contribution in [3.8, 4) is 0 Å². The fourth-order valence-electron chi connectivity index (χ4n) is 2.05. The van der Waals surface area contributed by atoms with Gasteiger partial charge in [0.05, 0.1) is 0 Å². The predicted octanol–water partition coefficient (Wildman–Crippen LogP) is 2.62. The minimum atomic E-state index is -0.0641. The molecule has 0 aromatic heterocycles. The summed E-state index contributed by atoms with van der Waals surface area (Å²) in [4.78, 5) is 24.2. The molecule has 0 unspecified atom stereocenters. The molecule has 1 aliphatic rings. The summed E-state index contributed by atoms with van der Waals surface area (Å²) in [7, 11) is 0. The lowest BCUT2D eigenvalue weighted by atomic mass is 9.84. The van der Waals surface area contributed by atoms with Gasteiger partial charge in [-0.15, -0.1) is 0 Å². The number of rotatable bonds is 0. The van der Waals surface area contributed by atoms with Crippen LogP contribution in [0.25, 0.3) is 0 Å². The molecule has 0 fully saturated rings. The van der Waals surface area contributed by atoms with Gasteiger partial charge < -0.3 is 6.15 Å². The standard InChI is InChI=1S/C14H8O2.H3N/c15-13-9-5-1-2-6-10(9)14(16)12-8-4-3-7-11(12)13;/h1-8H;1H3. The second-order valence-electron chi connectivity index (χ2n) is 3.75. The molecule has 0 amide bonds. The summed E-state index contributed by atoms with van der Waals surface area (Å²) >= 11 is 0. The summed E-state index contributed by atoms with van der Waals surface area (Å²) in [6, 6.07) is 13.9. The number of fused-ring (bicyclic) bond motifs is 2. The van der Waals surface area contributed by atoms with Crippen LogP contribution in [0.4, 0.5) is 0 Å². The summed E-state index contributed by atoms with van der Waals surface area (Å²) in [5.41, 5.74) is 2.02. The molecule has 0 saturated carbocycles. The first-order valence-electron chi connectivity index (χ1n) is 5.06. The summed E-state index contributed by atoms with van der Waals surface area (Å²) in [6.45, 7) is 0. The fourth-order valence-corrected chi connectivity index (χ4v) is 2.05. The van der Waals surface area contributed by atoms with E-state index in [0.29, 0.717) is 22.3 Å². The van der Waals surface area contributed by atoms with Crippen molar-refractivity contribution in [3.63, 3.8) is 0 Å². The minimum Gasteiger partial charge on any atom is -0.344 e. The highest BCUT2D eigenvalue weighted by atomic mass is 16.1. The van der Waals surface area contributed by atoms with Gasteiger partial charge in [0.25, 0.3) is 0 Å². The normalized spacial score (nSPS) is 12.5. The summed E-state index contributed by atoms with van der Waals surface area (Å²) in [5, 5.41) is 0. The second-order valence-corrected chi connectivity index (χ2v) is 3.75. The molecular formula is C14H11NO2. The van der Waals surface area contributed by atoms with E-state index in [1.807, 2.05) is 0 Å². The number of hydrogen-bond donors (Lipinski definition) is 1. The molecule has 0 aliphatic heterocycles. The van der Waals surface area contributed by atoms with Gasteiger partial charge in [-0.1, -0.05) is 48.5 Å². The smallest absolute Gasteiger partial charge is 0.194 e. The number of hydrogen-bond acceptors (Lipinski definition) is 3. The maximum atomic E-state index is 12.1. The minimum absolute atomic E-state index is 0. The van der Waals surface area contributed by atoms with Crippen LogP contribution in [0, 0.1) is 0 Å². The van der Waals surface area contributed by atoms with E-state index < -0.39 is 0 Å². The van der Waals surface area contributed by atoms with E-state index in [-0.39, 0.29) is 17.7 Å². The van der Waals surface area contributed by atoms with Gasteiger partial charge in [0.2, 0.25) is 0 Å². The molecule has 3 heteroatoms. The summed E-state index contributed by atoms with van der Waals surface area (Å²) in [6.07, 6.45) is 0. The van der Waals surface area contributed by atoms with Crippen LogP contribution >= 0.6 is 0 Å². The van der Waals surface area contributed by atoms with E-state index in [9.17, 15) is 9.59 Å². The SMILES string of the molecule is N.O=C1c2ccccc2C(=O)c2ccccc21. The largest absolute Gasteiger partial charge is 0.344 e. The third kappa shape index (κ3) is 1.48. The van der Waals surface area contributed by atoms with Crippen LogP contribution in [-0.2, 0) is 0 Å². The van der Waals surface area contributed by atoms with Crippen LogP contribution in [0.1, 0.15) is 31.8 Å². The van der Waals surface area contributed by atoms with Gasteiger partial charge in [0.1, 0.15) is 0 Å². The Bertz CT molecular complexity index is 512. The molecule has 0 bridgehead atoms. The van der Waals surface area contributed by atoms with Crippen LogP contribution in [0.3, 0.4) is 0 Å². The van der Waals surface area contributed by atoms with Crippen molar-refractivity contribution in [1.29, 1.82) is 0 Å². The van der Waals surface area contributed by atoms with E-state index in [1.165, 1.54) is 0 Å². The lowest BCUT2D eigenvalue weighted by Crippen LogP contribution is -2.20. The predicted molar refractivity (Wildman–Crippen MR) is 64.8 cm³/mol. The monoisotopic (exact) mass is 225 g/mol. The molecule has 3 N–H and O–H groups in total. The number of carbonyl (C=O) groups is 2. The molecule has 0 heterocycles. The molecule has 84 valence electrons. The zero-order valence-corrected chi connectivity index (χ0v) is 9.14. The average molecular weight is 225 g/mol. The molecule has 0 saturated heterocycles. The van der Waals surface area contributed by atoms with Crippen LogP contribution in [0.5, 0.6) is 0 Å². The molecule has 2 aromatic rings. The fraction of sp³-hybridized carbons (Fsp3) is 0. The zero-order chi connectivity index (χ0) is 11.1. The molecule has 0 spiro atoms. The van der Waals surface area contributed by atoms with Gasteiger partial charge >= 0.3 is 0 Å². The Balaban J connectivity index is 0.00000108. The quantitative estimate of drug-likeness (QED) is 0.639. The van der Waals surface area contributed by atoms with Gasteiger partial charge in [-0.25, -0.2) is 0 Å². The summed E-state index contributed by atoms with van der Waals surface area (Å²) < 4.78 is 0. The molecule has 1 aliphatic carbocycles. The lowest BCUT2D eigenvalue weighted by Gasteiger charge is -2.16. The Hall–Kier alpha value is -2.26. The summed E-state index contributed by atoms with van der Waals surface area (Å²) in [5.74, 6) is -0.128. The van der Waals surface area contributed by atoms with Gasteiger partial charge in [0, 0.05) is 22.3 Å². The van der Waals surface area contributed by atoms with Crippen molar-refractivity contribution in [1.82, 2.24) is 6.15 Å². The second kappa shape index (κ2) is 3.96. The van der Waals surface area contributed by atoms with Gasteiger partial charge in [-0.2, -0.15) is 0 Å². The Kier molecular flexibility index (Phi) is 2.61. The first kappa shape index (κ1) is 11.2. The van der Waals surface area contributed by atoms with E-state index in [1.54, 1.807) is 48.5 Å². The van der Waals surface area contributed by atoms with Crippen LogP contribution < -0.4 is 6.15 Å². The van der Waals surface area contributed by atoms with Gasteiger partial charge in [-0.3, -0.25) is 9.59 Å². The maximum absolute atomic E-state index is 12.1. The molecule has 3 nitrogen and oxygen atoms in total. The Morgan fingerprint density at radius 2 is 0.765 bits per heavy atom. The van der Waals surface area contributed by atoms with Crippen molar-refractivity contribution in [3.05, 3.63) is 70.8 Å². The third-order valence-corrected chi connectivity index (χ3v) is 2.83. The number of benzene rings is 2. The molecule has 3 rings (SSSR count). The van der Waals surface area contributed by atoms with Crippen molar-refractivity contribution in [2.45, 2.75) is 0 Å². The first-order valence-corrected chi connectivity index (χ1v) is 5.06. The van der Waals surface area contributed by atoms with Gasteiger partial charge in [-0.05, 0) is 0 Å². The van der Waals surface area contributed by atoms with E-state index in [4.69, 9.17) is 0 Å². The van der Waals surface area contributed by atoms with Crippen LogP contribution in [0.2, 0.25) is 0 Å². The number of ketones is 2. The first-order chi connectivity index (χ1) is 7.79. The molecule has 0 atom stereocenters. The zero-order valence-electron chi connectivity index (χ0n) is 9.14. The van der Waals surface area contributed by atoms with Crippen LogP contribution in [0.15, 0.2) is 48.5 Å². The maximum Gasteiger partial charge on any atom is 0.194 e. The highest BCUT2D eigenvalue weighted by Gasteiger charge is 2.28. The Morgan fingerprint density at radius 1 is 0.529 bits per heavy atom. The van der Waals surface area contributed by atoms with Crippen molar-refractivity contribution in [2.24, 2.45) is 0 Å².